The van der Waals surface area contributed by atoms with Crippen molar-refractivity contribution in [2.75, 3.05) is 0 Å². The second-order valence-electron chi connectivity index (χ2n) is 5.36. The predicted molar refractivity (Wildman–Crippen MR) is 72.7 cm³/mol. The molecule has 6 heteroatoms. The summed E-state index contributed by atoms with van der Waals surface area (Å²) in [6.07, 6.45) is 2.96. The lowest BCUT2D eigenvalue weighted by Crippen LogP contribution is -2.68. The van der Waals surface area contributed by atoms with Gasteiger partial charge in [-0.2, -0.15) is 0 Å². The van der Waals surface area contributed by atoms with Crippen molar-refractivity contribution >= 4 is 11.8 Å². The monoisotopic (exact) mass is 279 g/mol. The molecular formula is C14H21N3O3. The molecule has 2 heterocycles. The van der Waals surface area contributed by atoms with Crippen LogP contribution in [0.3, 0.4) is 0 Å². The normalized spacial score (nSPS) is 26.8. The highest BCUT2D eigenvalue weighted by atomic mass is 16.4. The summed E-state index contributed by atoms with van der Waals surface area (Å²) in [4.78, 5) is 30.3. The highest BCUT2D eigenvalue weighted by Crippen LogP contribution is 2.23. The molecule has 1 aromatic heterocycles. The standard InChI is InChI=1S/C14H21N3O3/c1-5-10-7-15-11(20-10)8-17-9(3)12(18)16-14(4,6-2)13(17)19/h7,9H,5-6,8H2,1-4H3,(H,16,18). The van der Waals surface area contributed by atoms with Crippen LogP contribution < -0.4 is 5.32 Å². The number of hydrogen-bond donors (Lipinski definition) is 1. The summed E-state index contributed by atoms with van der Waals surface area (Å²) < 4.78 is 5.53. The summed E-state index contributed by atoms with van der Waals surface area (Å²) in [6, 6.07) is -0.515. The van der Waals surface area contributed by atoms with Crippen LogP contribution in [-0.2, 0) is 22.6 Å². The van der Waals surface area contributed by atoms with Crippen LogP contribution in [0.15, 0.2) is 10.6 Å². The minimum absolute atomic E-state index is 0.0941. The van der Waals surface area contributed by atoms with Crippen molar-refractivity contribution in [1.82, 2.24) is 15.2 Å². The number of amides is 2. The zero-order chi connectivity index (χ0) is 14.9. The Morgan fingerprint density at radius 1 is 1.45 bits per heavy atom. The van der Waals surface area contributed by atoms with E-state index in [1.54, 1.807) is 20.0 Å². The third kappa shape index (κ3) is 2.42. The van der Waals surface area contributed by atoms with Gasteiger partial charge >= 0.3 is 0 Å². The molecule has 1 saturated heterocycles. The maximum absolute atomic E-state index is 12.6. The average molecular weight is 279 g/mol. The summed E-state index contributed by atoms with van der Waals surface area (Å²) in [5.41, 5.74) is -0.843. The van der Waals surface area contributed by atoms with E-state index in [4.69, 9.17) is 4.42 Å². The number of aryl methyl sites for hydroxylation is 1. The van der Waals surface area contributed by atoms with Crippen LogP contribution in [0.25, 0.3) is 0 Å². The summed E-state index contributed by atoms with van der Waals surface area (Å²) in [6.45, 7) is 7.54. The topological polar surface area (TPSA) is 75.4 Å². The molecule has 2 rings (SSSR count). The smallest absolute Gasteiger partial charge is 0.249 e. The Balaban J connectivity index is 2.23. The van der Waals surface area contributed by atoms with E-state index >= 15 is 0 Å². The van der Waals surface area contributed by atoms with Crippen LogP contribution in [0, 0.1) is 0 Å². The predicted octanol–water partition coefficient (Wildman–Crippen LogP) is 1.25. The summed E-state index contributed by atoms with van der Waals surface area (Å²) in [5.74, 6) is 1.01. The molecule has 1 N–H and O–H groups in total. The third-order valence-corrected chi connectivity index (χ3v) is 3.94. The first-order chi connectivity index (χ1) is 9.41. The van der Waals surface area contributed by atoms with E-state index in [0.717, 1.165) is 12.2 Å². The van der Waals surface area contributed by atoms with Gasteiger partial charge in [0.15, 0.2) is 0 Å². The minimum Gasteiger partial charge on any atom is -0.444 e. The third-order valence-electron chi connectivity index (χ3n) is 3.94. The Morgan fingerprint density at radius 2 is 2.15 bits per heavy atom. The molecule has 0 spiro atoms. The molecule has 0 saturated carbocycles. The molecule has 0 bridgehead atoms. The lowest BCUT2D eigenvalue weighted by atomic mass is 9.92. The Kier molecular flexibility index (Phi) is 3.83. The first-order valence-electron chi connectivity index (χ1n) is 6.98. The largest absolute Gasteiger partial charge is 0.444 e. The van der Waals surface area contributed by atoms with Crippen LogP contribution in [0.2, 0.25) is 0 Å². The number of aromatic nitrogens is 1. The van der Waals surface area contributed by atoms with Crippen molar-refractivity contribution in [1.29, 1.82) is 0 Å². The van der Waals surface area contributed by atoms with Crippen LogP contribution in [0.4, 0.5) is 0 Å². The van der Waals surface area contributed by atoms with E-state index in [9.17, 15) is 9.59 Å². The van der Waals surface area contributed by atoms with Gasteiger partial charge in [0.1, 0.15) is 17.3 Å². The van der Waals surface area contributed by atoms with Gasteiger partial charge in [-0.05, 0) is 20.3 Å². The molecule has 1 aliphatic heterocycles. The van der Waals surface area contributed by atoms with Crippen molar-refractivity contribution < 1.29 is 14.0 Å². The fourth-order valence-electron chi connectivity index (χ4n) is 2.24. The molecule has 2 atom stereocenters. The van der Waals surface area contributed by atoms with Crippen molar-refractivity contribution in [3.05, 3.63) is 17.8 Å². The lowest BCUT2D eigenvalue weighted by molar-refractivity contribution is -0.154. The number of oxazole rings is 1. The summed E-state index contributed by atoms with van der Waals surface area (Å²) in [5, 5.41) is 2.79. The highest BCUT2D eigenvalue weighted by molar-refractivity contribution is 5.99. The van der Waals surface area contributed by atoms with E-state index in [1.807, 2.05) is 13.8 Å². The number of rotatable bonds is 4. The fourth-order valence-corrected chi connectivity index (χ4v) is 2.24. The Labute approximate surface area is 118 Å². The molecular weight excluding hydrogens is 258 g/mol. The van der Waals surface area contributed by atoms with Crippen LogP contribution in [-0.4, -0.2) is 33.3 Å². The summed E-state index contributed by atoms with van der Waals surface area (Å²) in [7, 11) is 0. The first-order valence-corrected chi connectivity index (χ1v) is 6.98. The molecule has 1 aliphatic rings. The quantitative estimate of drug-likeness (QED) is 0.900. The van der Waals surface area contributed by atoms with Crippen LogP contribution in [0.1, 0.15) is 45.8 Å². The molecule has 0 aliphatic carbocycles. The molecule has 2 amide bonds. The van der Waals surface area contributed by atoms with E-state index in [1.165, 1.54) is 4.90 Å². The SMILES string of the molecule is CCc1cnc(CN2C(=O)C(C)(CC)NC(=O)C2C)o1. The molecule has 2 unspecified atom stereocenters. The molecule has 1 aromatic rings. The number of carbonyl (C=O) groups is 2. The van der Waals surface area contributed by atoms with Gasteiger partial charge in [-0.25, -0.2) is 4.98 Å². The second-order valence-corrected chi connectivity index (χ2v) is 5.36. The minimum atomic E-state index is -0.843. The molecule has 0 radical (unpaired) electrons. The molecule has 110 valence electrons. The van der Waals surface area contributed by atoms with Crippen LogP contribution in [0.5, 0.6) is 0 Å². The van der Waals surface area contributed by atoms with E-state index in [2.05, 4.69) is 10.3 Å². The Bertz CT molecular complexity index is 525. The van der Waals surface area contributed by atoms with Crippen molar-refractivity contribution in [2.24, 2.45) is 0 Å². The molecule has 6 nitrogen and oxygen atoms in total. The molecule has 0 aromatic carbocycles. The van der Waals surface area contributed by atoms with E-state index < -0.39 is 11.6 Å². The maximum atomic E-state index is 12.6. The van der Waals surface area contributed by atoms with Gasteiger partial charge in [0.2, 0.25) is 17.7 Å². The fraction of sp³-hybridized carbons (Fsp3) is 0.643. The van der Waals surface area contributed by atoms with Gasteiger partial charge in [0.25, 0.3) is 0 Å². The summed E-state index contributed by atoms with van der Waals surface area (Å²) >= 11 is 0. The first kappa shape index (κ1) is 14.6. The van der Waals surface area contributed by atoms with E-state index in [-0.39, 0.29) is 18.4 Å². The maximum Gasteiger partial charge on any atom is 0.249 e. The van der Waals surface area contributed by atoms with Gasteiger partial charge in [0.05, 0.1) is 12.7 Å². The number of piperazine rings is 1. The van der Waals surface area contributed by atoms with Gasteiger partial charge in [0, 0.05) is 6.42 Å². The number of hydrogen-bond acceptors (Lipinski definition) is 4. The van der Waals surface area contributed by atoms with Gasteiger partial charge < -0.3 is 14.6 Å². The van der Waals surface area contributed by atoms with Gasteiger partial charge in [-0.15, -0.1) is 0 Å². The van der Waals surface area contributed by atoms with Crippen molar-refractivity contribution in [3.8, 4) is 0 Å². The van der Waals surface area contributed by atoms with Crippen molar-refractivity contribution in [3.63, 3.8) is 0 Å². The zero-order valence-corrected chi connectivity index (χ0v) is 12.4. The number of nitrogens with zero attached hydrogens (tertiary/aromatic N) is 2. The number of carbonyl (C=O) groups excluding carboxylic acids is 2. The average Bonchev–Trinajstić information content (AvgIpc) is 2.89. The lowest BCUT2D eigenvalue weighted by Gasteiger charge is -2.42. The Hall–Kier alpha value is -1.85. The van der Waals surface area contributed by atoms with Gasteiger partial charge in [-0.3, -0.25) is 9.59 Å². The molecule has 1 fully saturated rings. The van der Waals surface area contributed by atoms with E-state index in [0.29, 0.717) is 12.3 Å². The van der Waals surface area contributed by atoms with Gasteiger partial charge in [-0.1, -0.05) is 13.8 Å². The second kappa shape index (κ2) is 5.26. The Morgan fingerprint density at radius 3 is 2.70 bits per heavy atom. The molecule has 20 heavy (non-hydrogen) atoms. The van der Waals surface area contributed by atoms with Crippen molar-refractivity contribution in [2.45, 2.75) is 58.7 Å². The zero-order valence-electron chi connectivity index (χ0n) is 12.4. The number of nitrogens with one attached hydrogen (secondary N) is 1. The highest BCUT2D eigenvalue weighted by Gasteiger charge is 2.45. The van der Waals surface area contributed by atoms with Crippen LogP contribution >= 0.6 is 0 Å².